The van der Waals surface area contributed by atoms with E-state index in [2.05, 4.69) is 5.10 Å². The number of methoxy groups -OCH3 is 2. The van der Waals surface area contributed by atoms with Crippen LogP contribution in [0.1, 0.15) is 20.7 Å². The summed E-state index contributed by atoms with van der Waals surface area (Å²) in [5.41, 5.74) is 3.88. The Hall–Kier alpha value is -4.59. The fourth-order valence-corrected chi connectivity index (χ4v) is 4.55. The third-order valence-electron chi connectivity index (χ3n) is 6.54. The van der Waals surface area contributed by atoms with Crippen molar-refractivity contribution in [3.05, 3.63) is 96.2 Å². The van der Waals surface area contributed by atoms with Crippen LogP contribution in [0.5, 0.6) is 11.5 Å². The summed E-state index contributed by atoms with van der Waals surface area (Å²) in [6.45, 7) is 1.78. The zero-order valence-electron chi connectivity index (χ0n) is 20.8. The summed E-state index contributed by atoms with van der Waals surface area (Å²) in [6.07, 6.45) is 1.75. The van der Waals surface area contributed by atoms with Gasteiger partial charge >= 0.3 is 0 Å². The fraction of sp³-hybridized carbons (Fsp3) is 0.207. The van der Waals surface area contributed by atoms with E-state index in [1.165, 1.54) is 7.11 Å². The van der Waals surface area contributed by atoms with Gasteiger partial charge in [0.05, 0.1) is 37.4 Å². The lowest BCUT2D eigenvalue weighted by atomic mass is 10.1. The lowest BCUT2D eigenvalue weighted by Gasteiger charge is -2.35. The van der Waals surface area contributed by atoms with Crippen LogP contribution in [0.2, 0.25) is 0 Å². The van der Waals surface area contributed by atoms with Gasteiger partial charge in [0.15, 0.2) is 0 Å². The molecule has 37 heavy (non-hydrogen) atoms. The Balaban J connectivity index is 1.28. The van der Waals surface area contributed by atoms with Crippen molar-refractivity contribution < 1.29 is 19.1 Å². The summed E-state index contributed by atoms with van der Waals surface area (Å²) in [6, 6.07) is 24.6. The molecule has 2 heterocycles. The number of benzene rings is 3. The molecule has 0 atom stereocenters. The Morgan fingerprint density at radius 1 is 0.757 bits per heavy atom. The molecular formula is C29H28N4O4. The molecule has 1 aliphatic rings. The molecule has 5 rings (SSSR count). The van der Waals surface area contributed by atoms with Crippen LogP contribution in [0, 0.1) is 0 Å². The van der Waals surface area contributed by atoms with Crippen molar-refractivity contribution in [2.45, 2.75) is 0 Å². The highest BCUT2D eigenvalue weighted by atomic mass is 16.5. The van der Waals surface area contributed by atoms with Gasteiger partial charge in [-0.3, -0.25) is 9.59 Å². The van der Waals surface area contributed by atoms with Crippen LogP contribution < -0.4 is 9.47 Å². The van der Waals surface area contributed by atoms with Crippen molar-refractivity contribution in [1.29, 1.82) is 0 Å². The number of hydrogen-bond acceptors (Lipinski definition) is 5. The van der Waals surface area contributed by atoms with E-state index in [9.17, 15) is 9.59 Å². The summed E-state index contributed by atoms with van der Waals surface area (Å²) in [5, 5.41) is 4.49. The van der Waals surface area contributed by atoms with Gasteiger partial charge in [-0.05, 0) is 36.4 Å². The second kappa shape index (κ2) is 10.6. The zero-order chi connectivity index (χ0) is 25.8. The number of carbonyl (C=O) groups excluding carboxylic acids is 2. The lowest BCUT2D eigenvalue weighted by Crippen LogP contribution is -2.50. The fourth-order valence-electron chi connectivity index (χ4n) is 4.55. The van der Waals surface area contributed by atoms with Crippen LogP contribution in [0.4, 0.5) is 0 Å². The minimum atomic E-state index is -0.124. The maximum Gasteiger partial charge on any atom is 0.257 e. The van der Waals surface area contributed by atoms with Crippen LogP contribution in [-0.4, -0.2) is 71.8 Å². The van der Waals surface area contributed by atoms with Crippen LogP contribution in [0.15, 0.2) is 85.1 Å². The average molecular weight is 497 g/mol. The summed E-state index contributed by atoms with van der Waals surface area (Å²) < 4.78 is 12.5. The summed E-state index contributed by atoms with van der Waals surface area (Å²) >= 11 is 0. The average Bonchev–Trinajstić information content (AvgIpc) is 3.47. The lowest BCUT2D eigenvalue weighted by molar-refractivity contribution is 0.0533. The molecule has 0 unspecified atom stereocenters. The van der Waals surface area contributed by atoms with E-state index in [1.807, 2.05) is 65.3 Å². The van der Waals surface area contributed by atoms with Gasteiger partial charge in [-0.15, -0.1) is 0 Å². The van der Waals surface area contributed by atoms with Gasteiger partial charge in [-0.2, -0.15) is 5.10 Å². The highest BCUT2D eigenvalue weighted by Crippen LogP contribution is 2.27. The van der Waals surface area contributed by atoms with Crippen LogP contribution in [-0.2, 0) is 0 Å². The van der Waals surface area contributed by atoms with E-state index in [0.29, 0.717) is 48.8 Å². The number of aromatic nitrogens is 2. The number of ether oxygens (including phenoxy) is 2. The maximum atomic E-state index is 13.4. The molecule has 1 aromatic heterocycles. The van der Waals surface area contributed by atoms with E-state index in [1.54, 1.807) is 41.3 Å². The smallest absolute Gasteiger partial charge is 0.257 e. The number of rotatable bonds is 6. The molecule has 0 N–H and O–H groups in total. The molecular weight excluding hydrogens is 468 g/mol. The van der Waals surface area contributed by atoms with E-state index >= 15 is 0 Å². The van der Waals surface area contributed by atoms with Crippen molar-refractivity contribution in [2.24, 2.45) is 0 Å². The monoisotopic (exact) mass is 496 g/mol. The van der Waals surface area contributed by atoms with Crippen molar-refractivity contribution in [1.82, 2.24) is 19.6 Å². The molecule has 4 aromatic rings. The number of piperazine rings is 1. The molecule has 0 spiro atoms. The molecule has 8 heteroatoms. The number of hydrogen-bond donors (Lipinski definition) is 0. The minimum absolute atomic E-state index is 0.0654. The van der Waals surface area contributed by atoms with E-state index in [4.69, 9.17) is 9.47 Å². The van der Waals surface area contributed by atoms with Gasteiger partial charge in [-0.25, -0.2) is 4.68 Å². The third-order valence-corrected chi connectivity index (χ3v) is 6.54. The van der Waals surface area contributed by atoms with E-state index in [0.717, 1.165) is 16.9 Å². The second-order valence-corrected chi connectivity index (χ2v) is 8.70. The molecule has 1 saturated heterocycles. The Morgan fingerprint density at radius 3 is 2.19 bits per heavy atom. The van der Waals surface area contributed by atoms with Gasteiger partial charge in [0.25, 0.3) is 11.8 Å². The third kappa shape index (κ3) is 4.91. The van der Waals surface area contributed by atoms with Crippen molar-refractivity contribution >= 4 is 11.8 Å². The first kappa shape index (κ1) is 24.1. The molecule has 0 saturated carbocycles. The van der Waals surface area contributed by atoms with E-state index < -0.39 is 0 Å². The molecule has 0 bridgehead atoms. The molecule has 8 nitrogen and oxygen atoms in total. The minimum Gasteiger partial charge on any atom is -0.497 e. The molecule has 3 aromatic carbocycles. The van der Waals surface area contributed by atoms with Crippen molar-refractivity contribution in [3.8, 4) is 28.4 Å². The molecule has 188 valence electrons. The van der Waals surface area contributed by atoms with Crippen LogP contribution >= 0.6 is 0 Å². The summed E-state index contributed by atoms with van der Waals surface area (Å²) in [7, 11) is 3.10. The normalized spacial score (nSPS) is 13.4. The highest BCUT2D eigenvalue weighted by molar-refractivity contribution is 5.98. The van der Waals surface area contributed by atoms with Crippen LogP contribution in [0.25, 0.3) is 16.9 Å². The van der Waals surface area contributed by atoms with Crippen molar-refractivity contribution in [2.75, 3.05) is 40.4 Å². The van der Waals surface area contributed by atoms with E-state index in [-0.39, 0.29) is 11.8 Å². The standard InChI is InChI=1S/C29H28N4O4/c1-36-24-11-12-25(27(20-24)37-2)29(35)32-17-15-31(16-18-32)28(34)22-9-6-10-23(19-22)33-26(13-14-30-33)21-7-4-3-5-8-21/h3-14,19-20H,15-18H2,1-2H3. The highest BCUT2D eigenvalue weighted by Gasteiger charge is 2.27. The van der Waals surface area contributed by atoms with Gasteiger partial charge < -0.3 is 19.3 Å². The molecule has 1 fully saturated rings. The Labute approximate surface area is 215 Å². The maximum absolute atomic E-state index is 13.4. The van der Waals surface area contributed by atoms with Gasteiger partial charge in [-0.1, -0.05) is 36.4 Å². The molecule has 0 radical (unpaired) electrons. The van der Waals surface area contributed by atoms with Gasteiger partial charge in [0, 0.05) is 43.4 Å². The number of carbonyl (C=O) groups is 2. The first-order valence-electron chi connectivity index (χ1n) is 12.1. The summed E-state index contributed by atoms with van der Waals surface area (Å²) in [5.74, 6) is 0.898. The van der Waals surface area contributed by atoms with Gasteiger partial charge in [0.2, 0.25) is 0 Å². The largest absolute Gasteiger partial charge is 0.497 e. The topological polar surface area (TPSA) is 76.9 Å². The first-order valence-corrected chi connectivity index (χ1v) is 12.1. The summed E-state index contributed by atoms with van der Waals surface area (Å²) in [4.78, 5) is 30.0. The Kier molecular flexibility index (Phi) is 6.89. The Morgan fingerprint density at radius 2 is 1.49 bits per heavy atom. The van der Waals surface area contributed by atoms with Gasteiger partial charge in [0.1, 0.15) is 11.5 Å². The second-order valence-electron chi connectivity index (χ2n) is 8.70. The van der Waals surface area contributed by atoms with Crippen molar-refractivity contribution in [3.63, 3.8) is 0 Å². The SMILES string of the molecule is COc1ccc(C(=O)N2CCN(C(=O)c3cccc(-n4nccc4-c4ccccc4)c3)CC2)c(OC)c1. The first-order chi connectivity index (χ1) is 18.1. The number of nitrogens with zero attached hydrogens (tertiary/aromatic N) is 4. The molecule has 2 amide bonds. The predicted molar refractivity (Wildman–Crippen MR) is 140 cm³/mol. The quantitative estimate of drug-likeness (QED) is 0.401. The number of amides is 2. The predicted octanol–water partition coefficient (Wildman–Crippen LogP) is 4.15. The van der Waals surface area contributed by atoms with Crippen LogP contribution in [0.3, 0.4) is 0 Å². The molecule has 0 aliphatic carbocycles. The zero-order valence-corrected chi connectivity index (χ0v) is 20.8. The Bertz CT molecular complexity index is 1410. The molecule has 1 aliphatic heterocycles.